The first kappa shape index (κ1) is 20.3. The molecule has 0 saturated heterocycles. The number of aliphatic hydroxyl groups excluding tert-OH is 1. The van der Waals surface area contributed by atoms with Crippen molar-refractivity contribution in [3.63, 3.8) is 0 Å². The first-order valence-electron chi connectivity index (χ1n) is 6.27. The van der Waals surface area contributed by atoms with Crippen molar-refractivity contribution in [1.82, 2.24) is 5.32 Å². The van der Waals surface area contributed by atoms with Gasteiger partial charge in [-0.05, 0) is 24.3 Å². The Morgan fingerprint density at radius 1 is 1.39 bits per heavy atom. The molecule has 0 saturated carbocycles. The van der Waals surface area contributed by atoms with E-state index >= 15 is 0 Å². The molecule has 0 aromatic rings. The molecule has 18 heavy (non-hydrogen) atoms. The van der Waals surface area contributed by atoms with Crippen LogP contribution in [-0.2, 0) is 4.79 Å². The SMILES string of the molecule is CCC(CC)C(O)CNC(=O)[C@@H](N)CCSC.Cl. The standard InChI is InChI=1S/C12H26N2O2S.ClH/c1-4-9(5-2)11(15)8-14-12(16)10(13)6-7-17-3;/h9-11,15H,4-8,13H2,1-3H3,(H,14,16);1H/t10-,11?;/m0./s1. The van der Waals surface area contributed by atoms with Gasteiger partial charge in [0.05, 0.1) is 12.1 Å². The van der Waals surface area contributed by atoms with Crippen LogP contribution in [0.3, 0.4) is 0 Å². The molecule has 0 bridgehead atoms. The molecule has 2 atom stereocenters. The molecule has 0 aromatic carbocycles. The van der Waals surface area contributed by atoms with E-state index in [4.69, 9.17) is 5.73 Å². The molecular formula is C12H27ClN2O2S. The molecular weight excluding hydrogens is 272 g/mol. The number of rotatable bonds is 9. The number of carbonyl (C=O) groups excluding carboxylic acids is 1. The molecule has 0 fully saturated rings. The number of nitrogens with two attached hydrogens (primary N) is 1. The molecule has 0 radical (unpaired) electrons. The Kier molecular flexibility index (Phi) is 13.7. The third-order valence-corrected chi connectivity index (χ3v) is 3.69. The quantitative estimate of drug-likeness (QED) is 0.601. The number of hydrogen-bond acceptors (Lipinski definition) is 4. The Morgan fingerprint density at radius 3 is 2.39 bits per heavy atom. The van der Waals surface area contributed by atoms with Crippen LogP contribution in [0.5, 0.6) is 0 Å². The normalized spacial score (nSPS) is 13.9. The topological polar surface area (TPSA) is 75.3 Å². The minimum Gasteiger partial charge on any atom is -0.391 e. The van der Waals surface area contributed by atoms with E-state index in [9.17, 15) is 9.90 Å². The summed E-state index contributed by atoms with van der Waals surface area (Å²) >= 11 is 1.67. The lowest BCUT2D eigenvalue weighted by atomic mass is 9.96. The van der Waals surface area contributed by atoms with Gasteiger partial charge in [0.25, 0.3) is 0 Å². The van der Waals surface area contributed by atoms with Crippen LogP contribution >= 0.6 is 24.2 Å². The lowest BCUT2D eigenvalue weighted by Crippen LogP contribution is -2.45. The Morgan fingerprint density at radius 2 is 1.94 bits per heavy atom. The third-order valence-electron chi connectivity index (χ3n) is 3.05. The van der Waals surface area contributed by atoms with Crippen molar-refractivity contribution in [2.75, 3.05) is 18.6 Å². The van der Waals surface area contributed by atoms with Crippen LogP contribution in [0.25, 0.3) is 0 Å². The van der Waals surface area contributed by atoms with Crippen molar-refractivity contribution in [2.24, 2.45) is 11.7 Å². The highest BCUT2D eigenvalue weighted by Gasteiger charge is 2.18. The van der Waals surface area contributed by atoms with Gasteiger partial charge < -0.3 is 16.2 Å². The van der Waals surface area contributed by atoms with Crippen molar-refractivity contribution in [3.8, 4) is 0 Å². The summed E-state index contributed by atoms with van der Waals surface area (Å²) in [5, 5.41) is 12.6. The van der Waals surface area contributed by atoms with Crippen molar-refractivity contribution < 1.29 is 9.90 Å². The predicted octanol–water partition coefficient (Wildman–Crippen LogP) is 1.40. The summed E-state index contributed by atoms with van der Waals surface area (Å²) in [6.07, 6.45) is 4.04. The van der Waals surface area contributed by atoms with Crippen molar-refractivity contribution in [1.29, 1.82) is 0 Å². The third kappa shape index (κ3) is 8.19. The van der Waals surface area contributed by atoms with Gasteiger partial charge in [-0.2, -0.15) is 11.8 Å². The van der Waals surface area contributed by atoms with Crippen molar-refractivity contribution in [2.45, 2.75) is 45.3 Å². The maximum Gasteiger partial charge on any atom is 0.237 e. The van der Waals surface area contributed by atoms with Gasteiger partial charge in [0.1, 0.15) is 0 Å². The van der Waals surface area contributed by atoms with Crippen molar-refractivity contribution >= 4 is 30.1 Å². The average molecular weight is 299 g/mol. The van der Waals surface area contributed by atoms with E-state index in [0.717, 1.165) is 18.6 Å². The van der Waals surface area contributed by atoms with E-state index in [1.807, 2.05) is 20.1 Å². The number of nitrogens with one attached hydrogen (secondary N) is 1. The average Bonchev–Trinajstić information content (AvgIpc) is 2.34. The summed E-state index contributed by atoms with van der Waals surface area (Å²) in [6, 6.07) is -0.462. The Labute approximate surface area is 121 Å². The Hall–Kier alpha value is 0.0300. The van der Waals surface area contributed by atoms with E-state index in [1.54, 1.807) is 11.8 Å². The molecule has 1 unspecified atom stereocenters. The second-order valence-electron chi connectivity index (χ2n) is 4.28. The van der Waals surface area contributed by atoms with Gasteiger partial charge >= 0.3 is 0 Å². The number of aliphatic hydroxyl groups is 1. The van der Waals surface area contributed by atoms with Crippen LogP contribution in [0.1, 0.15) is 33.1 Å². The minimum absolute atomic E-state index is 0. The van der Waals surface area contributed by atoms with Crippen LogP contribution in [0.2, 0.25) is 0 Å². The lowest BCUT2D eigenvalue weighted by molar-refractivity contribution is -0.123. The van der Waals surface area contributed by atoms with E-state index in [2.05, 4.69) is 5.32 Å². The summed E-state index contributed by atoms with van der Waals surface area (Å²) in [4.78, 5) is 11.6. The van der Waals surface area contributed by atoms with Crippen molar-refractivity contribution in [3.05, 3.63) is 0 Å². The molecule has 0 rings (SSSR count). The molecule has 4 nitrogen and oxygen atoms in total. The highest BCUT2D eigenvalue weighted by atomic mass is 35.5. The molecule has 1 amide bonds. The molecule has 6 heteroatoms. The highest BCUT2D eigenvalue weighted by Crippen LogP contribution is 2.12. The highest BCUT2D eigenvalue weighted by molar-refractivity contribution is 7.98. The second-order valence-corrected chi connectivity index (χ2v) is 5.26. The number of hydrogen-bond donors (Lipinski definition) is 3. The Bertz CT molecular complexity index is 216. The van der Waals surface area contributed by atoms with E-state index < -0.39 is 12.1 Å². The van der Waals surface area contributed by atoms with Crippen LogP contribution in [0, 0.1) is 5.92 Å². The molecule has 4 N–H and O–H groups in total. The zero-order valence-corrected chi connectivity index (χ0v) is 13.1. The summed E-state index contributed by atoms with van der Waals surface area (Å²) in [5.41, 5.74) is 5.72. The van der Waals surface area contributed by atoms with E-state index in [-0.39, 0.29) is 24.2 Å². The predicted molar refractivity (Wildman–Crippen MR) is 81.3 cm³/mol. The van der Waals surface area contributed by atoms with Crippen LogP contribution < -0.4 is 11.1 Å². The summed E-state index contributed by atoms with van der Waals surface area (Å²) < 4.78 is 0. The summed E-state index contributed by atoms with van der Waals surface area (Å²) in [6.45, 7) is 4.39. The molecule has 0 heterocycles. The second kappa shape index (κ2) is 12.1. The van der Waals surface area contributed by atoms with E-state index in [1.165, 1.54) is 0 Å². The number of halogens is 1. The van der Waals surface area contributed by atoms with Gasteiger partial charge in [0.15, 0.2) is 0 Å². The monoisotopic (exact) mass is 298 g/mol. The minimum atomic E-state index is -0.471. The van der Waals surface area contributed by atoms with Crippen LogP contribution in [-0.4, -0.2) is 41.7 Å². The maximum atomic E-state index is 11.6. The van der Waals surface area contributed by atoms with Gasteiger partial charge in [-0.3, -0.25) is 4.79 Å². The molecule has 0 aliphatic rings. The van der Waals surface area contributed by atoms with Gasteiger partial charge in [-0.15, -0.1) is 12.4 Å². The van der Waals surface area contributed by atoms with E-state index in [0.29, 0.717) is 13.0 Å². The molecule has 0 aliphatic heterocycles. The zero-order chi connectivity index (χ0) is 13.3. The fraction of sp³-hybridized carbons (Fsp3) is 0.917. The maximum absolute atomic E-state index is 11.6. The van der Waals surface area contributed by atoms with Gasteiger partial charge in [-0.25, -0.2) is 0 Å². The smallest absolute Gasteiger partial charge is 0.237 e. The largest absolute Gasteiger partial charge is 0.391 e. The van der Waals surface area contributed by atoms with Gasteiger partial charge in [0, 0.05) is 6.54 Å². The van der Waals surface area contributed by atoms with Crippen LogP contribution in [0.4, 0.5) is 0 Å². The molecule has 0 aromatic heterocycles. The first-order valence-corrected chi connectivity index (χ1v) is 7.66. The fourth-order valence-corrected chi connectivity index (χ4v) is 2.20. The molecule has 0 spiro atoms. The van der Waals surface area contributed by atoms with Gasteiger partial charge in [-0.1, -0.05) is 26.7 Å². The Balaban J connectivity index is 0. The summed E-state index contributed by atoms with van der Waals surface area (Å²) in [7, 11) is 0. The van der Waals surface area contributed by atoms with Crippen LogP contribution in [0.15, 0.2) is 0 Å². The lowest BCUT2D eigenvalue weighted by Gasteiger charge is -2.21. The first-order chi connectivity index (χ1) is 8.06. The summed E-state index contributed by atoms with van der Waals surface area (Å²) in [5.74, 6) is 0.964. The fourth-order valence-electron chi connectivity index (χ4n) is 1.71. The molecule has 110 valence electrons. The number of amides is 1. The zero-order valence-electron chi connectivity index (χ0n) is 11.5. The number of thioether (sulfide) groups is 1. The number of carbonyl (C=O) groups is 1. The van der Waals surface area contributed by atoms with Gasteiger partial charge in [0.2, 0.25) is 5.91 Å². The molecule has 0 aliphatic carbocycles.